The van der Waals surface area contributed by atoms with Crippen LogP contribution in [0.25, 0.3) is 0 Å². The molecule has 16 heavy (non-hydrogen) atoms. The molecule has 1 radical (unpaired) electrons. The Labute approximate surface area is 93.6 Å². The minimum absolute atomic E-state index is 0.0513. The van der Waals surface area contributed by atoms with Gasteiger partial charge in [0.1, 0.15) is 6.10 Å². The van der Waals surface area contributed by atoms with Crippen molar-refractivity contribution in [1.29, 1.82) is 0 Å². The third-order valence-corrected chi connectivity index (χ3v) is 2.51. The first-order valence-corrected chi connectivity index (χ1v) is 5.16. The van der Waals surface area contributed by atoms with Crippen molar-refractivity contribution in [1.82, 2.24) is 5.32 Å². The van der Waals surface area contributed by atoms with Crippen LogP contribution in [0.5, 0.6) is 0 Å². The van der Waals surface area contributed by atoms with Crippen LogP contribution >= 0.6 is 0 Å². The van der Waals surface area contributed by atoms with Gasteiger partial charge in [0.25, 0.3) is 0 Å². The molecule has 0 amide bonds. The van der Waals surface area contributed by atoms with Crippen molar-refractivity contribution >= 4 is 12.1 Å². The molecule has 83 valence electrons. The topological polar surface area (TPSA) is 55.4 Å². The standard InChI is InChI=1S/C12H12NO3/c14-8-9-1-3-10(4-2-9)12(15)11-7-13-5-6-16-11/h1-4,11,13H,5-7H2. The number of Topliss-reactive ketones (excluding diaryl/α,β-unsaturated/α-hetero) is 1. The van der Waals surface area contributed by atoms with Crippen LogP contribution in [0.4, 0.5) is 0 Å². The number of rotatable bonds is 3. The lowest BCUT2D eigenvalue weighted by Gasteiger charge is -2.22. The maximum Gasteiger partial charge on any atom is 0.233 e. The molecule has 1 atom stereocenters. The van der Waals surface area contributed by atoms with E-state index in [9.17, 15) is 9.59 Å². The number of carbonyl (C=O) groups is 1. The molecule has 1 unspecified atom stereocenters. The summed E-state index contributed by atoms with van der Waals surface area (Å²) in [6.45, 7) is 1.87. The fraction of sp³-hybridized carbons (Fsp3) is 0.333. The summed E-state index contributed by atoms with van der Waals surface area (Å²) >= 11 is 0. The first kappa shape index (κ1) is 11.0. The predicted octanol–water partition coefficient (Wildman–Crippen LogP) is 0.315. The molecule has 0 aliphatic carbocycles. The molecule has 0 saturated carbocycles. The fourth-order valence-corrected chi connectivity index (χ4v) is 1.62. The quantitative estimate of drug-likeness (QED) is 0.742. The molecule has 4 heteroatoms. The molecule has 1 aromatic rings. The highest BCUT2D eigenvalue weighted by Gasteiger charge is 2.22. The van der Waals surface area contributed by atoms with Crippen LogP contribution < -0.4 is 5.32 Å². The molecule has 1 N–H and O–H groups in total. The zero-order valence-corrected chi connectivity index (χ0v) is 8.73. The van der Waals surface area contributed by atoms with Crippen LogP contribution in [0.3, 0.4) is 0 Å². The largest absolute Gasteiger partial charge is 0.367 e. The van der Waals surface area contributed by atoms with Gasteiger partial charge in [0.05, 0.1) is 6.61 Å². The number of morpholine rings is 1. The Morgan fingerprint density at radius 2 is 2.12 bits per heavy atom. The number of hydrogen-bond acceptors (Lipinski definition) is 4. The van der Waals surface area contributed by atoms with Crippen LogP contribution in [0.1, 0.15) is 15.9 Å². The minimum Gasteiger partial charge on any atom is -0.367 e. The number of carbonyl (C=O) groups excluding carboxylic acids is 2. The van der Waals surface area contributed by atoms with Crippen molar-refractivity contribution in [3.63, 3.8) is 0 Å². The minimum atomic E-state index is -0.417. The van der Waals surface area contributed by atoms with E-state index in [4.69, 9.17) is 4.74 Å². The summed E-state index contributed by atoms with van der Waals surface area (Å²) < 4.78 is 5.36. The van der Waals surface area contributed by atoms with Crippen LogP contribution in [-0.4, -0.2) is 37.9 Å². The van der Waals surface area contributed by atoms with Crippen molar-refractivity contribution in [3.8, 4) is 0 Å². The molecule has 0 bridgehead atoms. The van der Waals surface area contributed by atoms with Gasteiger partial charge >= 0.3 is 0 Å². The van der Waals surface area contributed by atoms with E-state index in [2.05, 4.69) is 5.32 Å². The number of ketones is 1. The highest BCUT2D eigenvalue weighted by atomic mass is 16.5. The molecule has 1 saturated heterocycles. The van der Waals surface area contributed by atoms with Gasteiger partial charge in [-0.3, -0.25) is 9.59 Å². The van der Waals surface area contributed by atoms with E-state index in [1.807, 2.05) is 0 Å². The van der Waals surface area contributed by atoms with Crippen LogP contribution in [0.2, 0.25) is 0 Å². The van der Waals surface area contributed by atoms with Gasteiger partial charge in [0.2, 0.25) is 6.29 Å². The summed E-state index contributed by atoms with van der Waals surface area (Å²) in [5.74, 6) is -0.0513. The Morgan fingerprint density at radius 3 is 2.69 bits per heavy atom. The molecule has 2 rings (SSSR count). The normalized spacial score (nSPS) is 20.4. The molecule has 1 aromatic carbocycles. The van der Waals surface area contributed by atoms with Gasteiger partial charge in [-0.05, 0) is 0 Å². The maximum absolute atomic E-state index is 11.9. The Kier molecular flexibility index (Phi) is 3.44. The van der Waals surface area contributed by atoms with Crippen molar-refractivity contribution in [2.45, 2.75) is 6.10 Å². The Bertz CT molecular complexity index is 380. The summed E-state index contributed by atoms with van der Waals surface area (Å²) in [4.78, 5) is 22.3. The van der Waals surface area contributed by atoms with E-state index in [0.29, 0.717) is 24.3 Å². The second-order valence-corrected chi connectivity index (χ2v) is 3.61. The van der Waals surface area contributed by atoms with Gasteiger partial charge in [-0.15, -0.1) is 0 Å². The summed E-state index contributed by atoms with van der Waals surface area (Å²) in [5, 5.41) is 3.10. The molecule has 1 heterocycles. The summed E-state index contributed by atoms with van der Waals surface area (Å²) in [5.41, 5.74) is 1.01. The SMILES string of the molecule is O=[C]c1ccc(C(=O)C2CNCCO2)cc1. The maximum atomic E-state index is 11.9. The number of nitrogens with one attached hydrogen (secondary N) is 1. The molecular weight excluding hydrogens is 206 g/mol. The highest BCUT2D eigenvalue weighted by Crippen LogP contribution is 2.09. The smallest absolute Gasteiger partial charge is 0.233 e. The van der Waals surface area contributed by atoms with Crippen molar-refractivity contribution in [2.75, 3.05) is 19.7 Å². The lowest BCUT2D eigenvalue weighted by Crippen LogP contribution is -2.43. The van der Waals surface area contributed by atoms with E-state index >= 15 is 0 Å². The highest BCUT2D eigenvalue weighted by molar-refractivity contribution is 6.00. The monoisotopic (exact) mass is 218 g/mol. The van der Waals surface area contributed by atoms with Gasteiger partial charge in [0.15, 0.2) is 5.78 Å². The fourth-order valence-electron chi connectivity index (χ4n) is 1.62. The molecule has 1 aliphatic heterocycles. The van der Waals surface area contributed by atoms with Gasteiger partial charge in [-0.1, -0.05) is 24.3 Å². The van der Waals surface area contributed by atoms with Crippen molar-refractivity contribution in [3.05, 3.63) is 35.4 Å². The van der Waals surface area contributed by atoms with Crippen LogP contribution in [0, 0.1) is 0 Å². The van der Waals surface area contributed by atoms with Crippen LogP contribution in [0.15, 0.2) is 24.3 Å². The zero-order valence-electron chi connectivity index (χ0n) is 8.73. The van der Waals surface area contributed by atoms with Gasteiger partial charge in [0, 0.05) is 24.2 Å². The number of ether oxygens (including phenoxy) is 1. The molecule has 1 aliphatic rings. The Hall–Kier alpha value is -1.52. The summed E-state index contributed by atoms with van der Waals surface area (Å²) in [6, 6.07) is 6.41. The third-order valence-electron chi connectivity index (χ3n) is 2.51. The summed E-state index contributed by atoms with van der Waals surface area (Å²) in [7, 11) is 0. The average Bonchev–Trinajstić information content (AvgIpc) is 2.39. The van der Waals surface area contributed by atoms with Crippen molar-refractivity contribution in [2.24, 2.45) is 0 Å². The second-order valence-electron chi connectivity index (χ2n) is 3.61. The van der Waals surface area contributed by atoms with Crippen LogP contribution in [-0.2, 0) is 9.53 Å². The molecule has 0 aromatic heterocycles. The van der Waals surface area contributed by atoms with Gasteiger partial charge in [-0.25, -0.2) is 0 Å². The first-order chi connectivity index (χ1) is 7.81. The molecular formula is C12H12NO3. The molecule has 4 nitrogen and oxygen atoms in total. The van der Waals surface area contributed by atoms with E-state index in [1.165, 1.54) is 0 Å². The lowest BCUT2D eigenvalue weighted by molar-refractivity contribution is 0.0269. The van der Waals surface area contributed by atoms with E-state index in [0.717, 1.165) is 6.54 Å². The Balaban J connectivity index is 2.10. The van der Waals surface area contributed by atoms with Crippen molar-refractivity contribution < 1.29 is 14.3 Å². The molecule has 0 spiro atoms. The second kappa shape index (κ2) is 5.01. The number of hydrogen-bond donors (Lipinski definition) is 1. The summed E-state index contributed by atoms with van der Waals surface area (Å²) in [6.07, 6.45) is 1.35. The third kappa shape index (κ3) is 2.35. The van der Waals surface area contributed by atoms with Gasteiger partial charge in [-0.2, -0.15) is 0 Å². The first-order valence-electron chi connectivity index (χ1n) is 5.16. The van der Waals surface area contributed by atoms with E-state index < -0.39 is 6.10 Å². The molecule has 1 fully saturated rings. The lowest BCUT2D eigenvalue weighted by atomic mass is 10.0. The zero-order chi connectivity index (χ0) is 11.4. The van der Waals surface area contributed by atoms with Gasteiger partial charge < -0.3 is 10.1 Å². The van der Waals surface area contributed by atoms with E-state index in [-0.39, 0.29) is 5.78 Å². The van der Waals surface area contributed by atoms with E-state index in [1.54, 1.807) is 30.6 Å². The Morgan fingerprint density at radius 1 is 1.38 bits per heavy atom. The predicted molar refractivity (Wildman–Crippen MR) is 58.2 cm³/mol. The number of benzene rings is 1. The average molecular weight is 218 g/mol.